The first-order valence-electron chi connectivity index (χ1n) is 5.74. The van der Waals surface area contributed by atoms with Gasteiger partial charge in [0.1, 0.15) is 0 Å². The minimum Gasteiger partial charge on any atom is -0.389 e. The van der Waals surface area contributed by atoms with Crippen molar-refractivity contribution in [3.05, 3.63) is 48.0 Å². The molecule has 0 radical (unpaired) electrons. The number of ether oxygens (including phenoxy) is 1. The van der Waals surface area contributed by atoms with Crippen LogP contribution in [0.1, 0.15) is 5.56 Å². The topological polar surface area (TPSA) is 55.5 Å². The average Bonchev–Trinajstić information content (AvgIpc) is 2.39. The fourth-order valence-electron chi connectivity index (χ4n) is 1.79. The summed E-state index contributed by atoms with van der Waals surface area (Å²) in [6.07, 6.45) is -0.579. The molecule has 0 heterocycles. The van der Waals surface area contributed by atoms with Crippen molar-refractivity contribution in [1.29, 1.82) is 0 Å². The van der Waals surface area contributed by atoms with Crippen LogP contribution in [0.3, 0.4) is 0 Å². The molecular formula is C14H17NO2. The van der Waals surface area contributed by atoms with Crippen LogP contribution in [0.15, 0.2) is 42.5 Å². The van der Waals surface area contributed by atoms with Crippen molar-refractivity contribution in [3.63, 3.8) is 0 Å². The van der Waals surface area contributed by atoms with Gasteiger partial charge in [-0.1, -0.05) is 42.5 Å². The van der Waals surface area contributed by atoms with E-state index in [0.717, 1.165) is 5.56 Å². The van der Waals surface area contributed by atoms with Crippen molar-refractivity contribution in [3.8, 4) is 0 Å². The zero-order valence-electron chi connectivity index (χ0n) is 9.67. The minimum atomic E-state index is -0.579. The Kier molecular flexibility index (Phi) is 4.09. The maximum Gasteiger partial charge on any atom is 0.0895 e. The van der Waals surface area contributed by atoms with Crippen LogP contribution < -0.4 is 5.73 Å². The molecule has 3 N–H and O–H groups in total. The van der Waals surface area contributed by atoms with E-state index >= 15 is 0 Å². The van der Waals surface area contributed by atoms with Crippen LogP contribution in [0, 0.1) is 0 Å². The lowest BCUT2D eigenvalue weighted by Gasteiger charge is -2.10. The smallest absolute Gasteiger partial charge is 0.0895 e. The van der Waals surface area contributed by atoms with Crippen LogP contribution in [0.25, 0.3) is 10.8 Å². The molecule has 0 aromatic heterocycles. The number of rotatable bonds is 5. The van der Waals surface area contributed by atoms with E-state index in [9.17, 15) is 5.11 Å². The highest BCUT2D eigenvalue weighted by molar-refractivity contribution is 5.85. The summed E-state index contributed by atoms with van der Waals surface area (Å²) >= 11 is 0. The summed E-state index contributed by atoms with van der Waals surface area (Å²) in [5.74, 6) is 0. The Labute approximate surface area is 101 Å². The first-order chi connectivity index (χ1) is 8.31. The van der Waals surface area contributed by atoms with Gasteiger partial charge in [0.05, 0.1) is 19.3 Å². The van der Waals surface area contributed by atoms with Crippen LogP contribution in [0.5, 0.6) is 0 Å². The third-order valence-corrected chi connectivity index (χ3v) is 2.72. The van der Waals surface area contributed by atoms with Crippen LogP contribution in [-0.2, 0) is 11.3 Å². The van der Waals surface area contributed by atoms with Gasteiger partial charge in [-0.05, 0) is 16.3 Å². The molecule has 0 aliphatic carbocycles. The highest BCUT2D eigenvalue weighted by atomic mass is 16.5. The molecular weight excluding hydrogens is 214 g/mol. The summed E-state index contributed by atoms with van der Waals surface area (Å²) in [4.78, 5) is 0. The van der Waals surface area contributed by atoms with Gasteiger partial charge in [0, 0.05) is 6.54 Å². The molecule has 0 bridgehead atoms. The maximum atomic E-state index is 9.30. The predicted octanol–water partition coefficient (Wildman–Crippen LogP) is 1.68. The Balaban J connectivity index is 2.08. The molecule has 0 saturated carbocycles. The summed E-state index contributed by atoms with van der Waals surface area (Å²) in [6.45, 7) is 1.01. The van der Waals surface area contributed by atoms with Gasteiger partial charge in [-0.2, -0.15) is 0 Å². The molecule has 3 heteroatoms. The second kappa shape index (κ2) is 5.77. The number of benzene rings is 2. The number of hydrogen-bond donors (Lipinski definition) is 2. The normalized spacial score (nSPS) is 12.8. The molecule has 90 valence electrons. The third kappa shape index (κ3) is 3.03. The molecule has 1 atom stereocenters. The van der Waals surface area contributed by atoms with Gasteiger partial charge in [-0.15, -0.1) is 0 Å². The lowest BCUT2D eigenvalue weighted by Crippen LogP contribution is -2.24. The van der Waals surface area contributed by atoms with Crippen molar-refractivity contribution in [2.45, 2.75) is 12.7 Å². The summed E-state index contributed by atoms with van der Waals surface area (Å²) in [5.41, 5.74) is 6.44. The van der Waals surface area contributed by atoms with Gasteiger partial charge in [-0.3, -0.25) is 0 Å². The highest BCUT2D eigenvalue weighted by Gasteiger charge is 2.03. The van der Waals surface area contributed by atoms with E-state index in [1.54, 1.807) is 0 Å². The van der Waals surface area contributed by atoms with E-state index in [2.05, 4.69) is 18.2 Å². The van der Waals surface area contributed by atoms with Crippen LogP contribution in [0.2, 0.25) is 0 Å². The lowest BCUT2D eigenvalue weighted by molar-refractivity contribution is 0.0333. The van der Waals surface area contributed by atoms with Gasteiger partial charge in [0.25, 0.3) is 0 Å². The second-order valence-corrected chi connectivity index (χ2v) is 4.04. The largest absolute Gasteiger partial charge is 0.389 e. The zero-order chi connectivity index (χ0) is 12.1. The Bertz CT molecular complexity index is 479. The number of fused-ring (bicyclic) bond motifs is 1. The fraction of sp³-hybridized carbons (Fsp3) is 0.286. The Hall–Kier alpha value is -1.42. The van der Waals surface area contributed by atoms with Gasteiger partial charge < -0.3 is 15.6 Å². The monoisotopic (exact) mass is 231 g/mol. The molecule has 0 saturated heterocycles. The fourth-order valence-corrected chi connectivity index (χ4v) is 1.79. The van der Waals surface area contributed by atoms with Crippen LogP contribution >= 0.6 is 0 Å². The number of aliphatic hydroxyl groups excluding tert-OH is 1. The van der Waals surface area contributed by atoms with E-state index in [-0.39, 0.29) is 13.2 Å². The van der Waals surface area contributed by atoms with Gasteiger partial charge >= 0.3 is 0 Å². The first kappa shape index (κ1) is 12.0. The van der Waals surface area contributed by atoms with Crippen LogP contribution in [0.4, 0.5) is 0 Å². The molecule has 2 aromatic carbocycles. The van der Waals surface area contributed by atoms with Crippen molar-refractivity contribution in [1.82, 2.24) is 0 Å². The molecule has 0 aliphatic heterocycles. The molecule has 0 unspecified atom stereocenters. The van der Waals surface area contributed by atoms with Crippen molar-refractivity contribution >= 4 is 10.8 Å². The molecule has 2 rings (SSSR count). The SMILES string of the molecule is NC[C@@H](O)COCc1cccc2ccccc12. The minimum absolute atomic E-state index is 0.232. The zero-order valence-corrected chi connectivity index (χ0v) is 9.67. The standard InChI is InChI=1S/C14H17NO2/c15-8-13(16)10-17-9-12-6-3-5-11-4-1-2-7-14(11)12/h1-7,13,16H,8-10,15H2/t13-/m1/s1. The van der Waals surface area contributed by atoms with Gasteiger partial charge in [-0.25, -0.2) is 0 Å². The summed E-state index contributed by atoms with van der Waals surface area (Å²) in [5, 5.41) is 11.7. The van der Waals surface area contributed by atoms with E-state index in [4.69, 9.17) is 10.5 Å². The molecule has 2 aromatic rings. The average molecular weight is 231 g/mol. The van der Waals surface area contributed by atoms with E-state index in [0.29, 0.717) is 6.61 Å². The Morgan fingerprint density at radius 3 is 2.71 bits per heavy atom. The number of nitrogens with two attached hydrogens (primary N) is 1. The highest BCUT2D eigenvalue weighted by Crippen LogP contribution is 2.19. The number of aliphatic hydroxyl groups is 1. The molecule has 0 spiro atoms. The third-order valence-electron chi connectivity index (χ3n) is 2.72. The predicted molar refractivity (Wildman–Crippen MR) is 68.7 cm³/mol. The molecule has 0 aliphatic rings. The Morgan fingerprint density at radius 2 is 1.88 bits per heavy atom. The van der Waals surface area contributed by atoms with E-state index in [1.165, 1.54) is 10.8 Å². The van der Waals surface area contributed by atoms with Gasteiger partial charge in [0.15, 0.2) is 0 Å². The quantitative estimate of drug-likeness (QED) is 0.823. The summed E-state index contributed by atoms with van der Waals surface area (Å²) in [6, 6.07) is 14.3. The molecule has 17 heavy (non-hydrogen) atoms. The van der Waals surface area contributed by atoms with Crippen molar-refractivity contribution in [2.75, 3.05) is 13.2 Å². The van der Waals surface area contributed by atoms with Crippen LogP contribution in [-0.4, -0.2) is 24.4 Å². The summed E-state index contributed by atoms with van der Waals surface area (Å²) in [7, 11) is 0. The molecule has 0 amide bonds. The van der Waals surface area contributed by atoms with Crippen molar-refractivity contribution < 1.29 is 9.84 Å². The van der Waals surface area contributed by atoms with E-state index < -0.39 is 6.10 Å². The molecule has 3 nitrogen and oxygen atoms in total. The second-order valence-electron chi connectivity index (χ2n) is 4.04. The first-order valence-corrected chi connectivity index (χ1v) is 5.74. The number of hydrogen-bond acceptors (Lipinski definition) is 3. The molecule has 0 fully saturated rings. The summed E-state index contributed by atoms with van der Waals surface area (Å²) < 4.78 is 5.45. The lowest BCUT2D eigenvalue weighted by atomic mass is 10.1. The van der Waals surface area contributed by atoms with E-state index in [1.807, 2.05) is 24.3 Å². The van der Waals surface area contributed by atoms with Crippen molar-refractivity contribution in [2.24, 2.45) is 5.73 Å². The van der Waals surface area contributed by atoms with Gasteiger partial charge in [0.2, 0.25) is 0 Å². The maximum absolute atomic E-state index is 9.30. The Morgan fingerprint density at radius 1 is 1.12 bits per heavy atom.